The summed E-state index contributed by atoms with van der Waals surface area (Å²) in [5.74, 6) is 0. The first kappa shape index (κ1) is 16.8. The smallest absolute Gasteiger partial charge is 0.423 e. The molecule has 0 saturated heterocycles. The summed E-state index contributed by atoms with van der Waals surface area (Å²) in [4.78, 5) is 0. The third-order valence-corrected chi connectivity index (χ3v) is 5.24. The lowest BCUT2D eigenvalue weighted by atomic mass is 9.77. The molecule has 4 aromatic carbocycles. The summed E-state index contributed by atoms with van der Waals surface area (Å²) < 4.78 is 2.17. The van der Waals surface area contributed by atoms with Gasteiger partial charge in [0.25, 0.3) is 0 Å². The summed E-state index contributed by atoms with van der Waals surface area (Å²) in [6.07, 6.45) is 0. The molecule has 0 spiro atoms. The van der Waals surface area contributed by atoms with Crippen LogP contribution in [-0.2, 0) is 0 Å². The predicted molar refractivity (Wildman–Crippen MR) is 116 cm³/mol. The third-order valence-electron chi connectivity index (χ3n) is 5.24. The second kappa shape index (κ2) is 6.68. The quantitative estimate of drug-likeness (QED) is 0.474. The highest BCUT2D eigenvalue weighted by Gasteiger charge is 2.20. The van der Waals surface area contributed by atoms with Crippen LogP contribution < -0.4 is 5.46 Å². The molecule has 0 aliphatic heterocycles. The van der Waals surface area contributed by atoms with Crippen molar-refractivity contribution in [2.24, 2.45) is 0 Å². The lowest BCUT2D eigenvalue weighted by Gasteiger charge is -2.10. The van der Waals surface area contributed by atoms with Crippen LogP contribution in [0, 0.1) is 0 Å². The van der Waals surface area contributed by atoms with E-state index in [4.69, 9.17) is 0 Å². The molecule has 134 valence electrons. The maximum absolute atomic E-state index is 9.87. The van der Waals surface area contributed by atoms with Gasteiger partial charge in [-0.25, -0.2) is 0 Å². The van der Waals surface area contributed by atoms with Gasteiger partial charge in [-0.2, -0.15) is 0 Å². The first-order valence-corrected chi connectivity index (χ1v) is 9.28. The zero-order valence-electron chi connectivity index (χ0n) is 15.2. The molecule has 5 rings (SSSR count). The number of rotatable bonds is 3. The maximum Gasteiger partial charge on any atom is 0.489 e. The Morgan fingerprint density at radius 1 is 0.571 bits per heavy atom. The highest BCUT2D eigenvalue weighted by molar-refractivity contribution is 6.63. The van der Waals surface area contributed by atoms with Gasteiger partial charge in [-0.15, -0.1) is 0 Å². The molecular formula is C24H18BNO2. The van der Waals surface area contributed by atoms with Crippen molar-refractivity contribution in [1.29, 1.82) is 0 Å². The van der Waals surface area contributed by atoms with Crippen molar-refractivity contribution in [3.05, 3.63) is 97.1 Å². The van der Waals surface area contributed by atoms with Gasteiger partial charge in [-0.05, 0) is 40.9 Å². The Kier molecular flexibility index (Phi) is 4.01. The minimum absolute atomic E-state index is 0.522. The fraction of sp³-hybridized carbons (Fsp3) is 0. The van der Waals surface area contributed by atoms with E-state index in [9.17, 15) is 10.0 Å². The Morgan fingerprint density at radius 2 is 1.21 bits per heavy atom. The van der Waals surface area contributed by atoms with E-state index < -0.39 is 7.12 Å². The van der Waals surface area contributed by atoms with Gasteiger partial charge in [0.2, 0.25) is 0 Å². The van der Waals surface area contributed by atoms with E-state index in [1.807, 2.05) is 48.5 Å². The Balaban J connectivity index is 1.76. The average molecular weight is 363 g/mol. The summed E-state index contributed by atoms with van der Waals surface area (Å²) in [6, 6.07) is 32.5. The van der Waals surface area contributed by atoms with Crippen molar-refractivity contribution in [1.82, 2.24) is 4.57 Å². The predicted octanol–water partition coefficient (Wildman–Crippen LogP) is 4.13. The van der Waals surface area contributed by atoms with Crippen LogP contribution >= 0.6 is 0 Å². The van der Waals surface area contributed by atoms with Crippen molar-refractivity contribution in [2.45, 2.75) is 0 Å². The lowest BCUT2D eigenvalue weighted by molar-refractivity contribution is 0.426. The van der Waals surface area contributed by atoms with Crippen molar-refractivity contribution in [3.8, 4) is 16.8 Å². The van der Waals surface area contributed by atoms with Gasteiger partial charge in [0.1, 0.15) is 0 Å². The minimum Gasteiger partial charge on any atom is -0.423 e. The topological polar surface area (TPSA) is 45.4 Å². The minimum atomic E-state index is -1.51. The third kappa shape index (κ3) is 2.62. The first-order chi connectivity index (χ1) is 13.7. The molecule has 0 atom stereocenters. The Hall–Kier alpha value is -3.34. The Morgan fingerprint density at radius 3 is 1.96 bits per heavy atom. The Labute approximate surface area is 163 Å². The molecule has 0 aliphatic rings. The second-order valence-corrected chi connectivity index (χ2v) is 6.88. The second-order valence-electron chi connectivity index (χ2n) is 6.88. The van der Waals surface area contributed by atoms with E-state index in [1.165, 1.54) is 5.56 Å². The molecule has 4 heteroatoms. The molecule has 2 N–H and O–H groups in total. The number of hydrogen-bond acceptors (Lipinski definition) is 2. The highest BCUT2D eigenvalue weighted by Crippen LogP contribution is 2.31. The molecule has 0 fully saturated rings. The summed E-state index contributed by atoms with van der Waals surface area (Å²) >= 11 is 0. The van der Waals surface area contributed by atoms with E-state index in [1.54, 1.807) is 6.07 Å². The van der Waals surface area contributed by atoms with Crippen molar-refractivity contribution in [2.75, 3.05) is 0 Å². The lowest BCUT2D eigenvalue weighted by Crippen LogP contribution is -2.30. The fourth-order valence-electron chi connectivity index (χ4n) is 3.97. The van der Waals surface area contributed by atoms with Crippen molar-refractivity contribution in [3.63, 3.8) is 0 Å². The van der Waals surface area contributed by atoms with E-state index >= 15 is 0 Å². The molecule has 28 heavy (non-hydrogen) atoms. The van der Waals surface area contributed by atoms with Crippen LogP contribution in [0.5, 0.6) is 0 Å². The molecule has 0 aliphatic carbocycles. The molecule has 0 radical (unpaired) electrons. The number of hydrogen-bond donors (Lipinski definition) is 2. The molecule has 5 aromatic rings. The zero-order valence-corrected chi connectivity index (χ0v) is 15.2. The molecule has 1 aromatic heterocycles. The van der Waals surface area contributed by atoms with Crippen LogP contribution in [-0.4, -0.2) is 21.7 Å². The molecule has 0 unspecified atom stereocenters. The van der Waals surface area contributed by atoms with Gasteiger partial charge in [0, 0.05) is 16.5 Å². The monoisotopic (exact) mass is 363 g/mol. The molecule has 0 saturated carbocycles. The molecule has 1 heterocycles. The molecular weight excluding hydrogens is 345 g/mol. The largest absolute Gasteiger partial charge is 0.489 e. The number of para-hydroxylation sites is 1. The number of aromatic nitrogens is 1. The van der Waals surface area contributed by atoms with Crippen LogP contribution in [0.4, 0.5) is 0 Å². The van der Waals surface area contributed by atoms with Gasteiger partial charge >= 0.3 is 7.12 Å². The standard InChI is InChI=1S/C24H18BNO2/c27-25(28)21-10-6-12-23-24(21)20-9-4-5-11-22(20)26(23)19-15-13-18(14-16-19)17-7-2-1-3-8-17/h1-16,27-28H. The van der Waals surface area contributed by atoms with E-state index in [0.717, 1.165) is 33.1 Å². The number of fused-ring (bicyclic) bond motifs is 3. The van der Waals surface area contributed by atoms with Crippen LogP contribution in [0.1, 0.15) is 0 Å². The average Bonchev–Trinajstić information content (AvgIpc) is 3.09. The van der Waals surface area contributed by atoms with Crippen molar-refractivity contribution >= 4 is 34.4 Å². The van der Waals surface area contributed by atoms with Crippen LogP contribution in [0.2, 0.25) is 0 Å². The molecule has 3 nitrogen and oxygen atoms in total. The Bertz CT molecular complexity index is 1280. The van der Waals surface area contributed by atoms with Crippen molar-refractivity contribution < 1.29 is 10.0 Å². The SMILES string of the molecule is OB(O)c1cccc2c1c1ccccc1n2-c1ccc(-c2ccccc2)cc1. The highest BCUT2D eigenvalue weighted by atomic mass is 16.4. The molecule has 0 amide bonds. The van der Waals surface area contributed by atoms with E-state index in [-0.39, 0.29) is 0 Å². The zero-order chi connectivity index (χ0) is 19.1. The van der Waals surface area contributed by atoms with Crippen LogP contribution in [0.15, 0.2) is 97.1 Å². The molecule has 0 bridgehead atoms. The summed E-state index contributed by atoms with van der Waals surface area (Å²) in [5, 5.41) is 21.6. The summed E-state index contributed by atoms with van der Waals surface area (Å²) in [5.41, 5.74) is 5.90. The van der Waals surface area contributed by atoms with Gasteiger partial charge < -0.3 is 14.6 Å². The normalized spacial score (nSPS) is 11.2. The van der Waals surface area contributed by atoms with Gasteiger partial charge in [-0.3, -0.25) is 0 Å². The maximum atomic E-state index is 9.87. The first-order valence-electron chi connectivity index (χ1n) is 9.28. The number of nitrogens with zero attached hydrogens (tertiary/aromatic N) is 1. The summed E-state index contributed by atoms with van der Waals surface area (Å²) in [7, 11) is -1.51. The van der Waals surface area contributed by atoms with E-state index in [2.05, 4.69) is 47.0 Å². The van der Waals surface area contributed by atoms with Gasteiger partial charge in [-0.1, -0.05) is 72.8 Å². The summed E-state index contributed by atoms with van der Waals surface area (Å²) in [6.45, 7) is 0. The number of benzene rings is 4. The fourth-order valence-corrected chi connectivity index (χ4v) is 3.97. The van der Waals surface area contributed by atoms with E-state index in [0.29, 0.717) is 5.46 Å². The van der Waals surface area contributed by atoms with Gasteiger partial charge in [0.05, 0.1) is 11.0 Å². The van der Waals surface area contributed by atoms with Gasteiger partial charge in [0.15, 0.2) is 0 Å². The van der Waals surface area contributed by atoms with Crippen LogP contribution in [0.3, 0.4) is 0 Å². The van der Waals surface area contributed by atoms with Crippen LogP contribution in [0.25, 0.3) is 38.6 Å².